The van der Waals surface area contributed by atoms with Gasteiger partial charge in [0.05, 0.1) is 5.56 Å². The van der Waals surface area contributed by atoms with Crippen LogP contribution in [0.3, 0.4) is 0 Å². The highest BCUT2D eigenvalue weighted by Gasteiger charge is 2.34. The summed E-state index contributed by atoms with van der Waals surface area (Å²) in [5, 5.41) is 4.11. The largest absolute Gasteiger partial charge is 0.416 e. The maximum absolute atomic E-state index is 12.9. The van der Waals surface area contributed by atoms with Gasteiger partial charge in [0.25, 0.3) is 0 Å². The zero-order chi connectivity index (χ0) is 15.5. The van der Waals surface area contributed by atoms with Crippen LogP contribution in [0.4, 0.5) is 13.2 Å². The first-order valence-electron chi connectivity index (χ1n) is 7.07. The lowest BCUT2D eigenvalue weighted by atomic mass is 9.99. The Bertz CT molecular complexity index is 464. The van der Waals surface area contributed by atoms with Crippen LogP contribution in [0, 0.1) is 0 Å². The quantitative estimate of drug-likeness (QED) is 0.864. The average Bonchev–Trinajstić information content (AvgIpc) is 2.45. The lowest BCUT2D eigenvalue weighted by molar-refractivity contribution is -0.137. The second kappa shape index (κ2) is 7.29. The van der Waals surface area contributed by atoms with Crippen LogP contribution >= 0.6 is 23.5 Å². The third kappa shape index (κ3) is 4.33. The van der Waals surface area contributed by atoms with Crippen LogP contribution in [-0.2, 0) is 6.18 Å². The van der Waals surface area contributed by atoms with Gasteiger partial charge in [-0.2, -0.15) is 36.7 Å². The third-order valence-corrected chi connectivity index (χ3v) is 6.76. The van der Waals surface area contributed by atoms with E-state index < -0.39 is 11.7 Å². The summed E-state index contributed by atoms with van der Waals surface area (Å²) in [7, 11) is 0. The molecule has 3 atom stereocenters. The Morgan fingerprint density at radius 2 is 2.00 bits per heavy atom. The average molecular weight is 335 g/mol. The van der Waals surface area contributed by atoms with Crippen molar-refractivity contribution in [3.63, 3.8) is 0 Å². The van der Waals surface area contributed by atoms with E-state index in [0.717, 1.165) is 29.7 Å². The molecule has 0 spiro atoms. The van der Waals surface area contributed by atoms with Crippen molar-refractivity contribution >= 4 is 23.5 Å². The summed E-state index contributed by atoms with van der Waals surface area (Å²) in [6, 6.07) is 5.70. The lowest BCUT2D eigenvalue weighted by Gasteiger charge is -2.35. The molecule has 1 aromatic carbocycles. The predicted molar refractivity (Wildman–Crippen MR) is 86.0 cm³/mol. The van der Waals surface area contributed by atoms with E-state index in [1.807, 2.05) is 30.4 Å². The van der Waals surface area contributed by atoms with Crippen molar-refractivity contribution in [3.8, 4) is 0 Å². The molecule has 6 heteroatoms. The minimum atomic E-state index is -4.28. The molecule has 118 valence electrons. The number of nitrogens with one attached hydrogen (secondary N) is 1. The van der Waals surface area contributed by atoms with Crippen LogP contribution in [0.1, 0.15) is 31.0 Å². The summed E-state index contributed by atoms with van der Waals surface area (Å²) < 4.78 is 38.7. The molecule has 0 amide bonds. The molecule has 0 aliphatic carbocycles. The van der Waals surface area contributed by atoms with E-state index in [-0.39, 0.29) is 6.04 Å². The fourth-order valence-corrected chi connectivity index (χ4v) is 5.52. The molecule has 0 radical (unpaired) electrons. The van der Waals surface area contributed by atoms with E-state index in [0.29, 0.717) is 10.5 Å². The number of benzene rings is 1. The smallest absolute Gasteiger partial charge is 0.309 e. The van der Waals surface area contributed by atoms with Crippen LogP contribution in [0.15, 0.2) is 24.3 Å². The molecule has 1 aliphatic heterocycles. The van der Waals surface area contributed by atoms with Gasteiger partial charge in [-0.3, -0.25) is 0 Å². The van der Waals surface area contributed by atoms with Crippen LogP contribution in [-0.4, -0.2) is 28.6 Å². The first kappa shape index (κ1) is 17.0. The molecule has 1 heterocycles. The zero-order valence-corrected chi connectivity index (χ0v) is 13.7. The summed E-state index contributed by atoms with van der Waals surface area (Å²) >= 11 is 3.76. The number of thioether (sulfide) groups is 2. The van der Waals surface area contributed by atoms with Crippen LogP contribution in [0.2, 0.25) is 0 Å². The van der Waals surface area contributed by atoms with Gasteiger partial charge in [0, 0.05) is 28.0 Å². The Morgan fingerprint density at radius 1 is 1.29 bits per heavy atom. The summed E-state index contributed by atoms with van der Waals surface area (Å²) in [6.07, 6.45) is -4.28. The van der Waals surface area contributed by atoms with E-state index in [4.69, 9.17) is 0 Å². The summed E-state index contributed by atoms with van der Waals surface area (Å²) in [5.74, 6) is 2.17. The molecule has 0 saturated carbocycles. The summed E-state index contributed by atoms with van der Waals surface area (Å²) in [4.78, 5) is 0. The maximum atomic E-state index is 12.9. The minimum absolute atomic E-state index is 0.0369. The highest BCUT2D eigenvalue weighted by atomic mass is 32.2. The van der Waals surface area contributed by atoms with Crippen molar-refractivity contribution in [1.82, 2.24) is 5.32 Å². The zero-order valence-electron chi connectivity index (χ0n) is 12.1. The van der Waals surface area contributed by atoms with Crippen molar-refractivity contribution in [1.29, 1.82) is 0 Å². The Balaban J connectivity index is 2.29. The van der Waals surface area contributed by atoms with Gasteiger partial charge in [-0.05, 0) is 24.2 Å². The van der Waals surface area contributed by atoms with Gasteiger partial charge >= 0.3 is 6.18 Å². The molecular weight excluding hydrogens is 315 g/mol. The van der Waals surface area contributed by atoms with E-state index in [9.17, 15) is 13.2 Å². The molecule has 1 aromatic rings. The minimum Gasteiger partial charge on any atom is -0.309 e. The van der Waals surface area contributed by atoms with Crippen molar-refractivity contribution in [2.45, 2.75) is 36.6 Å². The van der Waals surface area contributed by atoms with E-state index in [2.05, 4.69) is 12.2 Å². The third-order valence-electron chi connectivity index (χ3n) is 3.56. The molecule has 3 unspecified atom stereocenters. The van der Waals surface area contributed by atoms with Gasteiger partial charge < -0.3 is 5.32 Å². The van der Waals surface area contributed by atoms with Gasteiger partial charge in [0.2, 0.25) is 0 Å². The first-order valence-corrected chi connectivity index (χ1v) is 9.17. The molecule has 0 bridgehead atoms. The van der Waals surface area contributed by atoms with Crippen molar-refractivity contribution < 1.29 is 13.2 Å². The van der Waals surface area contributed by atoms with Crippen molar-refractivity contribution in [3.05, 3.63) is 35.4 Å². The molecule has 0 aromatic heterocycles. The molecule has 1 saturated heterocycles. The molecule has 1 fully saturated rings. The molecule has 2 rings (SSSR count). The highest BCUT2D eigenvalue weighted by Crippen LogP contribution is 2.39. The van der Waals surface area contributed by atoms with Crippen molar-refractivity contribution in [2.24, 2.45) is 0 Å². The summed E-state index contributed by atoms with van der Waals surface area (Å²) in [6.45, 7) is 4.90. The topological polar surface area (TPSA) is 12.0 Å². The molecule has 1 nitrogen and oxygen atoms in total. The predicted octanol–water partition coefficient (Wildman–Crippen LogP) is 4.59. The Kier molecular flexibility index (Phi) is 5.91. The lowest BCUT2D eigenvalue weighted by Crippen LogP contribution is -2.37. The fraction of sp³-hybridized carbons (Fsp3) is 0.600. The Morgan fingerprint density at radius 3 is 2.62 bits per heavy atom. The SMILES string of the molecule is CCNC(c1cccc(C(F)(F)F)c1)C1SCCSC1C. The fourth-order valence-electron chi connectivity index (χ4n) is 2.57. The highest BCUT2D eigenvalue weighted by molar-refractivity contribution is 8.07. The number of halogens is 3. The van der Waals surface area contributed by atoms with Gasteiger partial charge in [-0.1, -0.05) is 26.0 Å². The normalized spacial score (nSPS) is 24.8. The Hall–Kier alpha value is -0.330. The monoisotopic (exact) mass is 335 g/mol. The second-order valence-corrected chi connectivity index (χ2v) is 7.84. The standard InChI is InChI=1S/C15H20F3NS2/c1-3-19-13(14-10(2)20-7-8-21-14)11-5-4-6-12(9-11)15(16,17)18/h4-6,9-10,13-14,19H,3,7-8H2,1-2H3. The van der Waals surface area contributed by atoms with Gasteiger partial charge in [-0.25, -0.2) is 0 Å². The molecule has 21 heavy (non-hydrogen) atoms. The summed E-state index contributed by atoms with van der Waals surface area (Å²) in [5.41, 5.74) is 0.169. The molecular formula is C15H20F3NS2. The second-order valence-electron chi connectivity index (χ2n) is 5.07. The van der Waals surface area contributed by atoms with Crippen LogP contribution in [0.5, 0.6) is 0 Å². The number of rotatable bonds is 4. The van der Waals surface area contributed by atoms with Crippen molar-refractivity contribution in [2.75, 3.05) is 18.1 Å². The van der Waals surface area contributed by atoms with E-state index >= 15 is 0 Å². The number of hydrogen-bond acceptors (Lipinski definition) is 3. The first-order chi connectivity index (χ1) is 9.93. The van der Waals surface area contributed by atoms with E-state index in [1.54, 1.807) is 6.07 Å². The molecule has 1 aliphatic rings. The number of alkyl halides is 3. The van der Waals surface area contributed by atoms with Gasteiger partial charge in [0.1, 0.15) is 0 Å². The Labute approximate surface area is 132 Å². The van der Waals surface area contributed by atoms with E-state index in [1.165, 1.54) is 12.1 Å². The number of hydrogen-bond donors (Lipinski definition) is 1. The van der Waals surface area contributed by atoms with Crippen LogP contribution in [0.25, 0.3) is 0 Å². The maximum Gasteiger partial charge on any atom is 0.416 e. The molecule has 1 N–H and O–H groups in total. The van der Waals surface area contributed by atoms with Gasteiger partial charge in [-0.15, -0.1) is 0 Å². The van der Waals surface area contributed by atoms with Gasteiger partial charge in [0.15, 0.2) is 0 Å². The van der Waals surface area contributed by atoms with Crippen LogP contribution < -0.4 is 5.32 Å².